The lowest BCUT2D eigenvalue weighted by molar-refractivity contribution is -0.178. The third-order valence-corrected chi connectivity index (χ3v) is 7.86. The van der Waals surface area contributed by atoms with Gasteiger partial charge in [0, 0.05) is 11.6 Å². The Morgan fingerprint density at radius 1 is 1.12 bits per heavy atom. The van der Waals surface area contributed by atoms with Gasteiger partial charge in [-0.2, -0.15) is 0 Å². The SMILES string of the molecule is C[SH+]N[C@@H]1[C@H](Cc2cccc(-c3cc(F)cc(F)c3)c2F)N(C(=O)C23CC(C2)C3)CC1(F)F. The van der Waals surface area contributed by atoms with Crippen molar-refractivity contribution in [3.05, 3.63) is 59.4 Å². The van der Waals surface area contributed by atoms with Crippen molar-refractivity contribution >= 4 is 17.9 Å². The van der Waals surface area contributed by atoms with Gasteiger partial charge in [0.25, 0.3) is 5.92 Å². The van der Waals surface area contributed by atoms with E-state index in [1.165, 1.54) is 23.1 Å². The Kier molecular flexibility index (Phi) is 5.47. The Hall–Kier alpha value is -2.13. The molecule has 0 radical (unpaired) electrons. The summed E-state index contributed by atoms with van der Waals surface area (Å²) < 4.78 is 75.6. The van der Waals surface area contributed by atoms with Crippen LogP contribution in [0, 0.1) is 28.8 Å². The zero-order chi connectivity index (χ0) is 23.5. The average Bonchev–Trinajstić information content (AvgIpc) is 2.91. The van der Waals surface area contributed by atoms with Crippen molar-refractivity contribution in [2.75, 3.05) is 12.8 Å². The van der Waals surface area contributed by atoms with Crippen molar-refractivity contribution in [2.45, 2.75) is 43.7 Å². The normalized spacial score (nSPS) is 29.5. The maximum absolute atomic E-state index is 15.5. The smallest absolute Gasteiger partial charge is 0.286 e. The molecule has 3 saturated carbocycles. The highest BCUT2D eigenvalue weighted by Gasteiger charge is 2.66. The van der Waals surface area contributed by atoms with Gasteiger partial charge in [-0.15, -0.1) is 4.72 Å². The lowest BCUT2D eigenvalue weighted by atomic mass is 9.44. The van der Waals surface area contributed by atoms with Gasteiger partial charge >= 0.3 is 0 Å². The molecule has 1 aliphatic heterocycles. The highest BCUT2D eigenvalue weighted by Crippen LogP contribution is 2.65. The number of nitrogens with zero attached hydrogens (tertiary/aromatic N) is 1. The van der Waals surface area contributed by atoms with E-state index >= 15 is 4.39 Å². The molecular formula is C24H24F5N2OS+. The quantitative estimate of drug-likeness (QED) is 0.378. The van der Waals surface area contributed by atoms with Crippen LogP contribution >= 0.6 is 0 Å². The van der Waals surface area contributed by atoms with Gasteiger partial charge in [-0.25, -0.2) is 22.0 Å². The van der Waals surface area contributed by atoms with Crippen LogP contribution in [0.2, 0.25) is 0 Å². The molecule has 2 aromatic carbocycles. The predicted octanol–water partition coefficient (Wildman–Crippen LogP) is 4.28. The number of hydrogen-bond donors (Lipinski definition) is 1. The molecule has 1 saturated heterocycles. The molecule has 0 unspecified atom stereocenters. The minimum atomic E-state index is -3.16. The van der Waals surface area contributed by atoms with E-state index in [-0.39, 0.29) is 29.0 Å². The highest BCUT2D eigenvalue weighted by atomic mass is 32.2. The molecule has 0 spiro atoms. The first-order valence-corrected chi connectivity index (χ1v) is 12.2. The van der Waals surface area contributed by atoms with Crippen molar-refractivity contribution in [3.63, 3.8) is 0 Å². The van der Waals surface area contributed by atoms with Gasteiger partial charge in [0.15, 0.2) is 0 Å². The van der Waals surface area contributed by atoms with Crippen LogP contribution in [0.15, 0.2) is 36.4 Å². The second kappa shape index (κ2) is 7.98. The molecule has 9 heteroatoms. The van der Waals surface area contributed by atoms with Crippen molar-refractivity contribution in [1.82, 2.24) is 9.62 Å². The Labute approximate surface area is 192 Å². The maximum Gasteiger partial charge on any atom is 0.286 e. The van der Waals surface area contributed by atoms with Crippen LogP contribution in [0.3, 0.4) is 0 Å². The van der Waals surface area contributed by atoms with Crippen LogP contribution in [0.4, 0.5) is 22.0 Å². The standard InChI is InChI=1S/C24H23F5N2OS/c1-33-30-21-19(31(12-24(21,28)29)22(32)23-9-13(10-23)11-23)7-14-3-2-4-18(20(14)27)15-5-16(25)8-17(26)6-15/h2-6,8,13,19,21,30H,7,9-12H2,1H3/p+1/t13?,19-,21+,23?/m0/s1. The number of rotatable bonds is 6. The van der Waals surface area contributed by atoms with E-state index in [1.54, 1.807) is 6.26 Å². The molecule has 1 heterocycles. The zero-order valence-corrected chi connectivity index (χ0v) is 18.8. The van der Waals surface area contributed by atoms with E-state index in [0.717, 1.165) is 31.4 Å². The number of thiol groups is 1. The molecule has 3 nitrogen and oxygen atoms in total. The molecule has 6 rings (SSSR count). The van der Waals surface area contributed by atoms with Gasteiger partial charge in [0.2, 0.25) is 5.91 Å². The van der Waals surface area contributed by atoms with Crippen molar-refractivity contribution < 1.29 is 26.7 Å². The number of likely N-dealkylation sites (tertiary alicyclic amines) is 1. The molecule has 3 aliphatic carbocycles. The summed E-state index contributed by atoms with van der Waals surface area (Å²) in [6.45, 7) is -0.702. The lowest BCUT2D eigenvalue weighted by Gasteiger charge is -2.61. The Morgan fingerprint density at radius 2 is 1.79 bits per heavy atom. The van der Waals surface area contributed by atoms with Crippen LogP contribution in [0.1, 0.15) is 24.8 Å². The number of hydrogen-bond acceptors (Lipinski definition) is 2. The van der Waals surface area contributed by atoms with E-state index in [1.807, 2.05) is 0 Å². The number of alkyl halides is 2. The fourth-order valence-electron chi connectivity index (χ4n) is 5.61. The predicted molar refractivity (Wildman–Crippen MR) is 117 cm³/mol. The van der Waals surface area contributed by atoms with Crippen LogP contribution in [-0.2, 0) is 23.2 Å². The van der Waals surface area contributed by atoms with Crippen molar-refractivity contribution in [3.8, 4) is 11.1 Å². The highest BCUT2D eigenvalue weighted by molar-refractivity contribution is 7.75. The molecule has 0 aromatic heterocycles. The van der Waals surface area contributed by atoms with Gasteiger partial charge in [0.1, 0.15) is 29.7 Å². The first-order chi connectivity index (χ1) is 15.6. The number of carbonyl (C=O) groups excluding carboxylic acids is 1. The summed E-state index contributed by atoms with van der Waals surface area (Å²) in [7, 11) is 0. The van der Waals surface area contributed by atoms with E-state index in [4.69, 9.17) is 0 Å². The van der Waals surface area contributed by atoms with Crippen molar-refractivity contribution in [1.29, 1.82) is 0 Å². The summed E-state index contributed by atoms with van der Waals surface area (Å²) in [6.07, 6.45) is 3.75. The van der Waals surface area contributed by atoms with Gasteiger partial charge < -0.3 is 4.90 Å². The number of halogens is 5. The third kappa shape index (κ3) is 3.73. The van der Waals surface area contributed by atoms with Crippen LogP contribution < -0.4 is 4.72 Å². The number of benzene rings is 2. The number of carbonyl (C=O) groups is 1. The summed E-state index contributed by atoms with van der Waals surface area (Å²) in [6, 6.07) is 4.86. The lowest BCUT2D eigenvalue weighted by Crippen LogP contribution is -2.62. The van der Waals surface area contributed by atoms with Gasteiger partial charge in [-0.3, -0.25) is 4.79 Å². The fraction of sp³-hybridized carbons (Fsp3) is 0.458. The van der Waals surface area contributed by atoms with Crippen molar-refractivity contribution in [2.24, 2.45) is 11.3 Å². The Morgan fingerprint density at radius 3 is 2.36 bits per heavy atom. The van der Waals surface area contributed by atoms with Crippen LogP contribution in [0.5, 0.6) is 0 Å². The van der Waals surface area contributed by atoms with E-state index < -0.39 is 47.4 Å². The summed E-state index contributed by atoms with van der Waals surface area (Å²) in [4.78, 5) is 14.5. The Balaban J connectivity index is 1.49. The number of nitrogens with one attached hydrogen (secondary N) is 1. The molecular weight excluding hydrogens is 459 g/mol. The first-order valence-electron chi connectivity index (χ1n) is 10.9. The molecule has 1 N–H and O–H groups in total. The van der Waals surface area contributed by atoms with Gasteiger partial charge in [-0.1, -0.05) is 18.2 Å². The summed E-state index contributed by atoms with van der Waals surface area (Å²) in [5, 5.41) is 0. The first kappa shape index (κ1) is 22.7. The van der Waals surface area contributed by atoms with E-state index in [2.05, 4.69) is 4.72 Å². The minimum Gasteiger partial charge on any atom is -0.331 e. The second-order valence-corrected chi connectivity index (χ2v) is 10.2. The zero-order valence-electron chi connectivity index (χ0n) is 17.9. The van der Waals surface area contributed by atoms with E-state index in [0.29, 0.717) is 23.9 Å². The average molecular weight is 484 g/mol. The maximum atomic E-state index is 15.5. The third-order valence-electron chi connectivity index (χ3n) is 7.32. The largest absolute Gasteiger partial charge is 0.331 e. The molecule has 4 aliphatic rings. The number of amides is 1. The summed E-state index contributed by atoms with van der Waals surface area (Å²) >= 11 is 0.526. The topological polar surface area (TPSA) is 32.3 Å². The monoisotopic (exact) mass is 483 g/mol. The van der Waals surface area contributed by atoms with E-state index in [9.17, 15) is 22.4 Å². The Bertz CT molecular complexity index is 1070. The molecule has 4 fully saturated rings. The second-order valence-electron chi connectivity index (χ2n) is 9.49. The summed E-state index contributed by atoms with van der Waals surface area (Å²) in [5.74, 6) is -5.33. The summed E-state index contributed by atoms with van der Waals surface area (Å²) in [5.41, 5.74) is -0.412. The van der Waals surface area contributed by atoms with Gasteiger partial charge in [0.05, 0.1) is 29.9 Å². The molecule has 176 valence electrons. The molecule has 1 amide bonds. The molecule has 2 aromatic rings. The van der Waals surface area contributed by atoms with Gasteiger partial charge in [-0.05, 0) is 54.9 Å². The fourth-order valence-corrected chi connectivity index (χ4v) is 6.25. The van der Waals surface area contributed by atoms with Crippen LogP contribution in [0.25, 0.3) is 11.1 Å². The molecule has 2 bridgehead atoms. The minimum absolute atomic E-state index is 0.0205. The molecule has 2 atom stereocenters. The van der Waals surface area contributed by atoms with Crippen LogP contribution in [-0.4, -0.2) is 41.6 Å². The molecule has 33 heavy (non-hydrogen) atoms.